The minimum atomic E-state index is 0.175. The molecule has 1 aromatic carbocycles. The Labute approximate surface area is 124 Å². The van der Waals surface area contributed by atoms with Crippen molar-refractivity contribution < 1.29 is 9.26 Å². The molecule has 2 heterocycles. The molecule has 1 aromatic heterocycles. The van der Waals surface area contributed by atoms with E-state index in [0.29, 0.717) is 12.6 Å². The fourth-order valence-electron chi connectivity index (χ4n) is 2.61. The summed E-state index contributed by atoms with van der Waals surface area (Å²) in [5.74, 6) is 2.60. The molecule has 21 heavy (non-hydrogen) atoms. The van der Waals surface area contributed by atoms with Gasteiger partial charge < -0.3 is 14.6 Å². The topological polar surface area (TPSA) is 60.2 Å². The van der Waals surface area contributed by atoms with Gasteiger partial charge in [-0.15, -0.1) is 0 Å². The highest BCUT2D eigenvalue weighted by Gasteiger charge is 2.26. The van der Waals surface area contributed by atoms with Crippen LogP contribution in [0.1, 0.15) is 43.0 Å². The summed E-state index contributed by atoms with van der Waals surface area (Å²) in [7, 11) is 1.96. The molecule has 2 aromatic rings. The van der Waals surface area contributed by atoms with Gasteiger partial charge in [-0.3, -0.25) is 0 Å². The lowest BCUT2D eigenvalue weighted by atomic mass is 9.92. The van der Waals surface area contributed by atoms with E-state index in [-0.39, 0.29) is 5.92 Å². The third-order valence-electron chi connectivity index (χ3n) is 4.04. The van der Waals surface area contributed by atoms with Gasteiger partial charge in [0, 0.05) is 18.0 Å². The van der Waals surface area contributed by atoms with Crippen LogP contribution in [-0.2, 0) is 6.42 Å². The second-order valence-electron chi connectivity index (χ2n) is 5.50. The van der Waals surface area contributed by atoms with Crippen LogP contribution in [0.3, 0.4) is 0 Å². The van der Waals surface area contributed by atoms with E-state index in [9.17, 15) is 0 Å². The lowest BCUT2D eigenvalue weighted by Gasteiger charge is -2.23. The van der Waals surface area contributed by atoms with Gasteiger partial charge in [0.2, 0.25) is 5.89 Å². The lowest BCUT2D eigenvalue weighted by Crippen LogP contribution is -2.21. The van der Waals surface area contributed by atoms with E-state index >= 15 is 0 Å². The van der Waals surface area contributed by atoms with Gasteiger partial charge in [0.15, 0.2) is 5.82 Å². The molecule has 0 saturated heterocycles. The molecule has 5 nitrogen and oxygen atoms in total. The van der Waals surface area contributed by atoms with E-state index in [0.717, 1.165) is 42.3 Å². The van der Waals surface area contributed by atoms with Gasteiger partial charge in [-0.1, -0.05) is 23.4 Å². The van der Waals surface area contributed by atoms with Gasteiger partial charge in [-0.2, -0.15) is 4.98 Å². The summed E-state index contributed by atoms with van der Waals surface area (Å²) >= 11 is 0. The van der Waals surface area contributed by atoms with Gasteiger partial charge in [0.25, 0.3) is 0 Å². The molecule has 0 saturated carbocycles. The summed E-state index contributed by atoms with van der Waals surface area (Å²) < 4.78 is 11.1. The van der Waals surface area contributed by atoms with E-state index in [2.05, 4.69) is 28.4 Å². The largest absolute Gasteiger partial charge is 0.493 e. The van der Waals surface area contributed by atoms with Crippen LogP contribution >= 0.6 is 0 Å². The highest BCUT2D eigenvalue weighted by atomic mass is 16.5. The zero-order valence-corrected chi connectivity index (χ0v) is 12.5. The van der Waals surface area contributed by atoms with E-state index in [1.54, 1.807) is 0 Å². The van der Waals surface area contributed by atoms with Gasteiger partial charge in [0.1, 0.15) is 5.75 Å². The van der Waals surface area contributed by atoms with Crippen LogP contribution in [0.5, 0.6) is 5.75 Å². The van der Waals surface area contributed by atoms with Crippen molar-refractivity contribution in [3.63, 3.8) is 0 Å². The number of fused-ring (bicyclic) bond motifs is 1. The smallest absolute Gasteiger partial charge is 0.226 e. The molecule has 2 atom stereocenters. The second-order valence-corrected chi connectivity index (χ2v) is 5.50. The zero-order valence-electron chi connectivity index (χ0n) is 12.5. The quantitative estimate of drug-likeness (QED) is 0.915. The summed E-state index contributed by atoms with van der Waals surface area (Å²) in [6.07, 6.45) is 2.69. The van der Waals surface area contributed by atoms with Crippen molar-refractivity contribution in [3.05, 3.63) is 41.5 Å². The highest BCUT2D eigenvalue weighted by Crippen LogP contribution is 2.36. The number of aromatic nitrogens is 2. The fraction of sp³-hybridized carbons (Fsp3) is 0.500. The van der Waals surface area contributed by atoms with Crippen LogP contribution in [0.25, 0.3) is 0 Å². The molecule has 0 aliphatic carbocycles. The molecule has 0 amide bonds. The number of hydrogen-bond donors (Lipinski definition) is 1. The predicted octanol–water partition coefficient (Wildman–Crippen LogP) is 2.52. The van der Waals surface area contributed by atoms with Crippen molar-refractivity contribution in [1.82, 2.24) is 15.5 Å². The number of rotatable bonds is 5. The Morgan fingerprint density at radius 1 is 1.38 bits per heavy atom. The molecule has 0 spiro atoms. The first-order valence-electron chi connectivity index (χ1n) is 7.49. The van der Waals surface area contributed by atoms with Crippen LogP contribution in [0, 0.1) is 0 Å². The molecular formula is C16H21N3O2. The fourth-order valence-corrected chi connectivity index (χ4v) is 2.61. The number of benzene rings is 1. The van der Waals surface area contributed by atoms with Crippen molar-refractivity contribution >= 4 is 0 Å². The normalized spacial score (nSPS) is 18.9. The Balaban J connectivity index is 1.75. The van der Waals surface area contributed by atoms with Crippen LogP contribution in [-0.4, -0.2) is 29.8 Å². The van der Waals surface area contributed by atoms with E-state index in [4.69, 9.17) is 9.26 Å². The average molecular weight is 287 g/mol. The number of nitrogens with one attached hydrogen (secondary N) is 1. The molecule has 0 radical (unpaired) electrons. The Kier molecular flexibility index (Phi) is 4.20. The second kappa shape index (κ2) is 6.26. The summed E-state index contributed by atoms with van der Waals surface area (Å²) in [5, 5.41) is 7.39. The first-order chi connectivity index (χ1) is 10.3. The van der Waals surface area contributed by atoms with Crippen molar-refractivity contribution in [2.75, 3.05) is 13.7 Å². The van der Waals surface area contributed by atoms with Crippen molar-refractivity contribution in [2.45, 2.75) is 38.1 Å². The number of nitrogens with zero attached hydrogens (tertiary/aromatic N) is 2. The summed E-state index contributed by atoms with van der Waals surface area (Å²) in [6.45, 7) is 2.84. The molecule has 1 aliphatic heterocycles. The third-order valence-corrected chi connectivity index (χ3v) is 4.04. The highest BCUT2D eigenvalue weighted by molar-refractivity contribution is 5.40. The molecule has 3 rings (SSSR count). The van der Waals surface area contributed by atoms with Gasteiger partial charge >= 0.3 is 0 Å². The maximum absolute atomic E-state index is 5.68. The van der Waals surface area contributed by atoms with Crippen molar-refractivity contribution in [3.8, 4) is 5.75 Å². The predicted molar refractivity (Wildman–Crippen MR) is 79.5 cm³/mol. The van der Waals surface area contributed by atoms with Crippen LogP contribution < -0.4 is 10.1 Å². The molecular weight excluding hydrogens is 266 g/mol. The Bertz CT molecular complexity index is 597. The molecule has 5 heteroatoms. The monoisotopic (exact) mass is 287 g/mol. The molecule has 0 fully saturated rings. The molecule has 112 valence electrons. The number of ether oxygens (including phenoxy) is 1. The number of hydrogen-bond acceptors (Lipinski definition) is 5. The van der Waals surface area contributed by atoms with Crippen LogP contribution in [0.2, 0.25) is 0 Å². The Morgan fingerprint density at radius 2 is 2.24 bits per heavy atom. The Morgan fingerprint density at radius 3 is 3.10 bits per heavy atom. The van der Waals surface area contributed by atoms with Crippen molar-refractivity contribution in [2.24, 2.45) is 0 Å². The molecule has 1 N–H and O–H groups in total. The maximum atomic E-state index is 5.68. The van der Waals surface area contributed by atoms with Crippen LogP contribution in [0.15, 0.2) is 28.8 Å². The van der Waals surface area contributed by atoms with Gasteiger partial charge in [0.05, 0.1) is 12.5 Å². The number of aryl methyl sites for hydroxylation is 1. The molecule has 0 bridgehead atoms. The standard InChI is InChI=1S/C16H21N3O2/c1-11(17-2)7-8-15-18-16(19-21-15)13-9-10-20-14-6-4-3-5-12(13)14/h3-6,11,13,17H,7-10H2,1-2H3. The van der Waals surface area contributed by atoms with Gasteiger partial charge in [-0.05, 0) is 32.9 Å². The molecule has 2 unspecified atom stereocenters. The number of para-hydroxylation sites is 1. The summed E-state index contributed by atoms with van der Waals surface area (Å²) in [5.41, 5.74) is 1.15. The zero-order chi connectivity index (χ0) is 14.7. The van der Waals surface area contributed by atoms with E-state index in [1.165, 1.54) is 0 Å². The minimum Gasteiger partial charge on any atom is -0.493 e. The van der Waals surface area contributed by atoms with E-state index in [1.807, 2.05) is 25.2 Å². The maximum Gasteiger partial charge on any atom is 0.226 e. The first kappa shape index (κ1) is 14.1. The van der Waals surface area contributed by atoms with Crippen molar-refractivity contribution in [1.29, 1.82) is 0 Å². The summed E-state index contributed by atoms with van der Waals surface area (Å²) in [4.78, 5) is 4.58. The average Bonchev–Trinajstić information content (AvgIpc) is 3.00. The van der Waals surface area contributed by atoms with Gasteiger partial charge in [-0.25, -0.2) is 0 Å². The summed E-state index contributed by atoms with van der Waals surface area (Å²) in [6, 6.07) is 8.54. The third kappa shape index (κ3) is 3.08. The Hall–Kier alpha value is -1.88. The molecule has 1 aliphatic rings. The van der Waals surface area contributed by atoms with Crippen LogP contribution in [0.4, 0.5) is 0 Å². The SMILES string of the molecule is CNC(C)CCc1nc(C2CCOc3ccccc32)no1. The lowest BCUT2D eigenvalue weighted by molar-refractivity contribution is 0.272. The minimum absolute atomic E-state index is 0.175. The first-order valence-corrected chi connectivity index (χ1v) is 7.49. The van der Waals surface area contributed by atoms with E-state index < -0.39 is 0 Å².